The zero-order valence-corrected chi connectivity index (χ0v) is 12.2. The summed E-state index contributed by atoms with van der Waals surface area (Å²) in [4.78, 5) is 21.2. The van der Waals surface area contributed by atoms with Crippen LogP contribution in [0, 0.1) is 5.92 Å². The Labute approximate surface area is 113 Å². The quantitative estimate of drug-likeness (QED) is 0.783. The minimum atomic E-state index is 0.109. The van der Waals surface area contributed by atoms with Crippen LogP contribution < -0.4 is 4.90 Å². The van der Waals surface area contributed by atoms with Crippen LogP contribution in [0.15, 0.2) is 6.20 Å². The molecule has 1 aromatic heterocycles. The van der Waals surface area contributed by atoms with Gasteiger partial charge in [0.2, 0.25) is 0 Å². The number of carbonyl (C=O) groups excluding carboxylic acids is 1. The Morgan fingerprint density at radius 1 is 1.39 bits per heavy atom. The lowest BCUT2D eigenvalue weighted by Crippen LogP contribution is -2.47. The van der Waals surface area contributed by atoms with Crippen LogP contribution in [0.25, 0.3) is 0 Å². The smallest absolute Gasteiger partial charge is 0.186 e. The van der Waals surface area contributed by atoms with E-state index < -0.39 is 0 Å². The zero-order valence-electron chi connectivity index (χ0n) is 11.3. The van der Waals surface area contributed by atoms with E-state index >= 15 is 0 Å². The Kier molecular flexibility index (Phi) is 4.35. The van der Waals surface area contributed by atoms with Gasteiger partial charge in [-0.25, -0.2) is 4.98 Å². The summed E-state index contributed by atoms with van der Waals surface area (Å²) in [6.45, 7) is 11.5. The van der Waals surface area contributed by atoms with Crippen LogP contribution in [0.4, 0.5) is 5.13 Å². The first-order chi connectivity index (χ1) is 8.56. The first-order valence-corrected chi connectivity index (χ1v) is 7.32. The molecule has 1 aliphatic heterocycles. The fourth-order valence-corrected chi connectivity index (χ4v) is 3.07. The highest BCUT2D eigenvalue weighted by Crippen LogP contribution is 2.23. The molecule has 0 bridgehead atoms. The number of carbonyl (C=O) groups is 1. The maximum Gasteiger partial charge on any atom is 0.186 e. The number of aromatic nitrogens is 1. The molecule has 0 aromatic carbocycles. The van der Waals surface area contributed by atoms with Gasteiger partial charge in [-0.05, 0) is 5.92 Å². The average molecular weight is 267 g/mol. The summed E-state index contributed by atoms with van der Waals surface area (Å²) in [6, 6.07) is 0. The third-order valence-electron chi connectivity index (χ3n) is 3.11. The molecule has 0 unspecified atom stereocenters. The van der Waals surface area contributed by atoms with Crippen LogP contribution in [-0.4, -0.2) is 48.4 Å². The highest BCUT2D eigenvalue weighted by Gasteiger charge is 2.20. The van der Waals surface area contributed by atoms with Crippen molar-refractivity contribution in [3.8, 4) is 0 Å². The molecular formula is C13H21N3OS. The third-order valence-corrected chi connectivity index (χ3v) is 4.27. The fraction of sp³-hybridized carbons (Fsp3) is 0.692. The molecule has 5 heteroatoms. The van der Waals surface area contributed by atoms with E-state index in [9.17, 15) is 4.79 Å². The van der Waals surface area contributed by atoms with E-state index in [0.29, 0.717) is 0 Å². The first-order valence-electron chi connectivity index (χ1n) is 6.50. The van der Waals surface area contributed by atoms with Crippen molar-refractivity contribution in [3.63, 3.8) is 0 Å². The molecule has 18 heavy (non-hydrogen) atoms. The van der Waals surface area contributed by atoms with Crippen LogP contribution in [0.2, 0.25) is 0 Å². The van der Waals surface area contributed by atoms with Crippen LogP contribution in [0.5, 0.6) is 0 Å². The van der Waals surface area contributed by atoms with Gasteiger partial charge >= 0.3 is 0 Å². The predicted octanol–water partition coefficient (Wildman–Crippen LogP) is 2.12. The molecule has 0 saturated carbocycles. The minimum Gasteiger partial charge on any atom is -0.346 e. The SMILES string of the molecule is CC(=O)c1cnc(N2CCN(CC(C)C)CC2)s1. The number of rotatable bonds is 4. The minimum absolute atomic E-state index is 0.109. The van der Waals surface area contributed by atoms with Gasteiger partial charge in [-0.15, -0.1) is 0 Å². The summed E-state index contributed by atoms with van der Waals surface area (Å²) >= 11 is 1.51. The van der Waals surface area contributed by atoms with Crippen molar-refractivity contribution in [2.75, 3.05) is 37.6 Å². The molecule has 1 aliphatic rings. The van der Waals surface area contributed by atoms with Crippen LogP contribution >= 0.6 is 11.3 Å². The van der Waals surface area contributed by atoms with E-state index in [1.807, 2.05) is 0 Å². The molecule has 4 nitrogen and oxygen atoms in total. The van der Waals surface area contributed by atoms with E-state index in [-0.39, 0.29) is 5.78 Å². The molecule has 2 rings (SSSR count). The lowest BCUT2D eigenvalue weighted by molar-refractivity contribution is 0.102. The Hall–Kier alpha value is -0.940. The molecule has 0 aliphatic carbocycles. The number of nitrogens with zero attached hydrogens (tertiary/aromatic N) is 3. The normalized spacial score (nSPS) is 17.4. The van der Waals surface area contributed by atoms with Crippen LogP contribution in [0.3, 0.4) is 0 Å². The number of hydrogen-bond donors (Lipinski definition) is 0. The number of piperazine rings is 1. The molecule has 2 heterocycles. The molecule has 0 spiro atoms. The summed E-state index contributed by atoms with van der Waals surface area (Å²) in [5.74, 6) is 0.831. The zero-order chi connectivity index (χ0) is 13.1. The van der Waals surface area contributed by atoms with E-state index in [2.05, 4.69) is 28.6 Å². The van der Waals surface area contributed by atoms with E-state index in [1.54, 1.807) is 13.1 Å². The summed E-state index contributed by atoms with van der Waals surface area (Å²) in [5.41, 5.74) is 0. The van der Waals surface area contributed by atoms with E-state index in [0.717, 1.165) is 42.1 Å². The van der Waals surface area contributed by atoms with Crippen molar-refractivity contribution in [1.82, 2.24) is 9.88 Å². The number of Topliss-reactive ketones (excluding diaryl/α,β-unsaturated/α-hetero) is 1. The van der Waals surface area contributed by atoms with Crippen molar-refractivity contribution in [2.45, 2.75) is 20.8 Å². The van der Waals surface area contributed by atoms with Crippen molar-refractivity contribution in [2.24, 2.45) is 5.92 Å². The topological polar surface area (TPSA) is 36.4 Å². The number of ketones is 1. The number of hydrogen-bond acceptors (Lipinski definition) is 5. The van der Waals surface area contributed by atoms with Crippen LogP contribution in [0.1, 0.15) is 30.4 Å². The van der Waals surface area contributed by atoms with Gasteiger partial charge in [0.05, 0.1) is 11.1 Å². The van der Waals surface area contributed by atoms with Crippen molar-refractivity contribution in [3.05, 3.63) is 11.1 Å². The molecular weight excluding hydrogens is 246 g/mol. The van der Waals surface area contributed by atoms with E-state index in [4.69, 9.17) is 0 Å². The number of thiazole rings is 1. The lowest BCUT2D eigenvalue weighted by atomic mass is 10.2. The van der Waals surface area contributed by atoms with Gasteiger partial charge in [-0.3, -0.25) is 9.69 Å². The molecule has 1 saturated heterocycles. The lowest BCUT2D eigenvalue weighted by Gasteiger charge is -2.35. The molecule has 0 amide bonds. The largest absolute Gasteiger partial charge is 0.346 e. The molecule has 0 radical (unpaired) electrons. The Balaban J connectivity index is 1.90. The van der Waals surface area contributed by atoms with Gasteiger partial charge in [0.1, 0.15) is 0 Å². The second kappa shape index (κ2) is 5.80. The third kappa shape index (κ3) is 3.29. The highest BCUT2D eigenvalue weighted by atomic mass is 32.1. The van der Waals surface area contributed by atoms with Gasteiger partial charge in [-0.2, -0.15) is 0 Å². The molecule has 1 aromatic rings. The van der Waals surface area contributed by atoms with Crippen molar-refractivity contribution < 1.29 is 4.79 Å². The second-order valence-electron chi connectivity index (χ2n) is 5.24. The summed E-state index contributed by atoms with van der Waals surface area (Å²) in [6.07, 6.45) is 1.70. The summed E-state index contributed by atoms with van der Waals surface area (Å²) in [5, 5.41) is 0.990. The van der Waals surface area contributed by atoms with Gasteiger partial charge in [0.15, 0.2) is 10.9 Å². The maximum atomic E-state index is 11.3. The van der Waals surface area contributed by atoms with Gasteiger partial charge in [0, 0.05) is 39.6 Å². The summed E-state index contributed by atoms with van der Waals surface area (Å²) in [7, 11) is 0. The van der Waals surface area contributed by atoms with E-state index in [1.165, 1.54) is 17.9 Å². The van der Waals surface area contributed by atoms with Gasteiger partial charge < -0.3 is 4.90 Å². The van der Waals surface area contributed by atoms with Crippen LogP contribution in [-0.2, 0) is 0 Å². The average Bonchev–Trinajstić information content (AvgIpc) is 2.78. The standard InChI is InChI=1S/C13H21N3OS/c1-10(2)9-15-4-6-16(7-5-15)13-14-8-12(18-13)11(3)17/h8,10H,4-7,9H2,1-3H3. The fourth-order valence-electron chi connectivity index (χ4n) is 2.21. The molecule has 100 valence electrons. The Bertz CT molecular complexity index is 408. The van der Waals surface area contributed by atoms with Gasteiger partial charge in [-0.1, -0.05) is 25.2 Å². The van der Waals surface area contributed by atoms with Crippen molar-refractivity contribution >= 4 is 22.3 Å². The highest BCUT2D eigenvalue weighted by molar-refractivity contribution is 7.17. The molecule has 0 atom stereocenters. The Morgan fingerprint density at radius 3 is 2.56 bits per heavy atom. The first kappa shape index (κ1) is 13.5. The predicted molar refractivity (Wildman–Crippen MR) is 75.6 cm³/mol. The molecule has 1 fully saturated rings. The van der Waals surface area contributed by atoms with Crippen molar-refractivity contribution in [1.29, 1.82) is 0 Å². The molecule has 0 N–H and O–H groups in total. The van der Waals surface area contributed by atoms with Gasteiger partial charge in [0.25, 0.3) is 0 Å². The monoisotopic (exact) mass is 267 g/mol. The Morgan fingerprint density at radius 2 is 2.06 bits per heavy atom. The second-order valence-corrected chi connectivity index (χ2v) is 6.25. The summed E-state index contributed by atoms with van der Waals surface area (Å²) < 4.78 is 0. The maximum absolute atomic E-state index is 11.3. The number of anilines is 1.